The smallest absolute Gasteiger partial charge is 0.294 e. The summed E-state index contributed by atoms with van der Waals surface area (Å²) < 4.78 is 1.89. The Morgan fingerprint density at radius 2 is 1.90 bits per heavy atom. The van der Waals surface area contributed by atoms with Gasteiger partial charge in [-0.15, -0.1) is 23.2 Å². The van der Waals surface area contributed by atoms with Crippen LogP contribution >= 0.6 is 23.2 Å². The average molecular weight is 460 g/mol. The summed E-state index contributed by atoms with van der Waals surface area (Å²) in [6.45, 7) is 0.906. The number of nitro benzene ring substituents is 1. The Hall–Kier alpha value is -2.10. The highest BCUT2D eigenvalue weighted by molar-refractivity contribution is 6.18. The molecule has 0 saturated heterocycles. The molecule has 1 heterocycles. The van der Waals surface area contributed by atoms with Gasteiger partial charge in [-0.3, -0.25) is 20.1 Å². The van der Waals surface area contributed by atoms with Gasteiger partial charge in [0.15, 0.2) is 0 Å². The molecule has 0 fully saturated rings. The predicted molar refractivity (Wildman–Crippen MR) is 118 cm³/mol. The second-order valence-corrected chi connectivity index (χ2v) is 7.74. The molecule has 0 aliphatic rings. The van der Waals surface area contributed by atoms with Gasteiger partial charge in [-0.05, 0) is 18.9 Å². The molecule has 1 aromatic carbocycles. The Morgan fingerprint density at radius 3 is 2.50 bits per heavy atom. The van der Waals surface area contributed by atoms with E-state index in [9.17, 15) is 14.9 Å². The van der Waals surface area contributed by atoms with E-state index in [-0.39, 0.29) is 16.5 Å². The second kappa shape index (κ2) is 11.9. The fraction of sp³-hybridized carbons (Fsp3) is 0.579. The Kier molecular flexibility index (Phi) is 9.61. The molecule has 1 aromatic heterocycles. The molecule has 0 spiro atoms. The zero-order valence-electron chi connectivity index (χ0n) is 16.9. The third-order valence-electron chi connectivity index (χ3n) is 4.99. The predicted octanol–water partition coefficient (Wildman–Crippen LogP) is 3.76. The summed E-state index contributed by atoms with van der Waals surface area (Å²) >= 11 is 11.7. The van der Waals surface area contributed by atoms with Crippen LogP contribution in [0.1, 0.15) is 37.9 Å². The number of carbonyl (C=O) groups excluding carboxylic acids is 1. The van der Waals surface area contributed by atoms with Gasteiger partial charge >= 0.3 is 0 Å². The molecule has 11 heteroatoms. The highest BCUT2D eigenvalue weighted by Crippen LogP contribution is 2.33. The Balaban J connectivity index is 2.17. The van der Waals surface area contributed by atoms with E-state index in [0.29, 0.717) is 54.4 Å². The number of fused-ring (bicyclic) bond motifs is 1. The van der Waals surface area contributed by atoms with Crippen LogP contribution in [0.2, 0.25) is 0 Å². The van der Waals surface area contributed by atoms with Crippen molar-refractivity contribution in [1.29, 1.82) is 0 Å². The number of hydroxylamine groups is 1. The van der Waals surface area contributed by atoms with Crippen molar-refractivity contribution in [2.24, 2.45) is 7.05 Å². The lowest BCUT2D eigenvalue weighted by Crippen LogP contribution is -2.28. The summed E-state index contributed by atoms with van der Waals surface area (Å²) in [5.41, 5.74) is 3.51. The minimum atomic E-state index is -0.389. The SMILES string of the molecule is Cn1c(CCCCCCC(=O)NO)nc2cc(N(CCCl)CCCl)c([N+](=O)[O-])cc21. The molecule has 1 amide bonds. The lowest BCUT2D eigenvalue weighted by Gasteiger charge is -2.22. The number of unbranched alkanes of at least 4 members (excludes halogenated alkanes) is 3. The summed E-state index contributed by atoms with van der Waals surface area (Å²) in [6.07, 6.45) is 4.42. The van der Waals surface area contributed by atoms with Crippen molar-refractivity contribution < 1.29 is 14.9 Å². The minimum Gasteiger partial charge on any atom is -0.364 e. The van der Waals surface area contributed by atoms with E-state index in [1.165, 1.54) is 0 Å². The number of anilines is 1. The van der Waals surface area contributed by atoms with Gasteiger partial charge in [-0.25, -0.2) is 10.5 Å². The maximum atomic E-state index is 11.7. The number of hydrogen-bond donors (Lipinski definition) is 2. The number of halogens is 2. The van der Waals surface area contributed by atoms with Crippen LogP contribution in [0.5, 0.6) is 0 Å². The molecule has 0 saturated carbocycles. The molecular formula is C19H27Cl2N5O4. The fourth-order valence-electron chi connectivity index (χ4n) is 3.42. The lowest BCUT2D eigenvalue weighted by atomic mass is 10.1. The van der Waals surface area contributed by atoms with Crippen LogP contribution in [0.4, 0.5) is 11.4 Å². The van der Waals surface area contributed by atoms with Crippen molar-refractivity contribution in [2.75, 3.05) is 29.7 Å². The van der Waals surface area contributed by atoms with Gasteiger partial charge in [0.25, 0.3) is 5.69 Å². The third kappa shape index (κ3) is 6.20. The largest absolute Gasteiger partial charge is 0.364 e. The summed E-state index contributed by atoms with van der Waals surface area (Å²) in [5, 5.41) is 20.2. The van der Waals surface area contributed by atoms with E-state index < -0.39 is 0 Å². The summed E-state index contributed by atoms with van der Waals surface area (Å²) in [7, 11) is 1.86. The van der Waals surface area contributed by atoms with Crippen LogP contribution in [0.25, 0.3) is 11.0 Å². The number of nitrogens with zero attached hydrogens (tertiary/aromatic N) is 4. The molecule has 166 valence electrons. The van der Waals surface area contributed by atoms with Gasteiger partial charge in [0.05, 0.1) is 16.0 Å². The molecule has 0 bridgehead atoms. The Morgan fingerprint density at radius 1 is 1.23 bits per heavy atom. The summed E-state index contributed by atoms with van der Waals surface area (Å²) in [5.74, 6) is 1.14. The number of amides is 1. The van der Waals surface area contributed by atoms with E-state index in [2.05, 4.69) is 4.98 Å². The number of hydrogen-bond acceptors (Lipinski definition) is 6. The first-order chi connectivity index (χ1) is 14.4. The lowest BCUT2D eigenvalue weighted by molar-refractivity contribution is -0.384. The van der Waals surface area contributed by atoms with Crippen LogP contribution < -0.4 is 10.4 Å². The number of imidazole rings is 1. The molecule has 9 nitrogen and oxygen atoms in total. The van der Waals surface area contributed by atoms with E-state index >= 15 is 0 Å². The second-order valence-electron chi connectivity index (χ2n) is 6.99. The number of nitro groups is 1. The molecule has 2 aromatic rings. The van der Waals surface area contributed by atoms with E-state index in [1.807, 2.05) is 16.5 Å². The first kappa shape index (κ1) is 24.2. The number of aryl methyl sites for hydroxylation is 2. The van der Waals surface area contributed by atoms with Crippen LogP contribution in [0, 0.1) is 10.1 Å². The molecule has 0 atom stereocenters. The summed E-state index contributed by atoms with van der Waals surface area (Å²) in [4.78, 5) is 28.8. The molecule has 0 unspecified atom stereocenters. The molecule has 0 aliphatic heterocycles. The quantitative estimate of drug-likeness (QED) is 0.155. The number of nitrogens with one attached hydrogen (secondary N) is 1. The fourth-order valence-corrected chi connectivity index (χ4v) is 3.83. The summed E-state index contributed by atoms with van der Waals surface area (Å²) in [6, 6.07) is 3.30. The normalized spacial score (nSPS) is 11.1. The van der Waals surface area contributed by atoms with Crippen molar-refractivity contribution in [3.8, 4) is 0 Å². The van der Waals surface area contributed by atoms with Gasteiger partial charge in [-0.2, -0.15) is 0 Å². The topological polar surface area (TPSA) is 114 Å². The van der Waals surface area contributed by atoms with Crippen molar-refractivity contribution in [2.45, 2.75) is 38.5 Å². The van der Waals surface area contributed by atoms with Gasteiger partial charge in [0, 0.05) is 50.8 Å². The highest BCUT2D eigenvalue weighted by Gasteiger charge is 2.23. The standard InChI is InChI=1S/C19H27Cl2N5O4/c1-24-15-13-17(26(29)30)16(25(10-8-20)11-9-21)12-14(15)22-18(24)6-4-2-3-5-7-19(27)23-28/h12-13,28H,2-11H2,1H3,(H,23,27). The minimum absolute atomic E-state index is 0.00874. The van der Waals surface area contributed by atoms with Gasteiger partial charge in [0.1, 0.15) is 11.5 Å². The molecule has 0 aliphatic carbocycles. The Bertz CT molecular complexity index is 868. The number of alkyl halides is 2. The zero-order valence-corrected chi connectivity index (χ0v) is 18.5. The van der Waals surface area contributed by atoms with E-state index in [0.717, 1.165) is 31.5 Å². The van der Waals surface area contributed by atoms with Gasteiger partial charge in [0.2, 0.25) is 5.91 Å². The maximum absolute atomic E-state index is 11.7. The highest BCUT2D eigenvalue weighted by atomic mass is 35.5. The number of rotatable bonds is 13. The van der Waals surface area contributed by atoms with Crippen molar-refractivity contribution in [3.63, 3.8) is 0 Å². The number of carbonyl (C=O) groups is 1. The van der Waals surface area contributed by atoms with Crippen LogP contribution in [0.15, 0.2) is 12.1 Å². The number of aromatic nitrogens is 2. The van der Waals surface area contributed by atoms with Crippen LogP contribution in [-0.4, -0.2) is 50.4 Å². The van der Waals surface area contributed by atoms with Gasteiger partial charge in [-0.1, -0.05) is 12.8 Å². The molecular weight excluding hydrogens is 433 g/mol. The number of benzene rings is 1. The van der Waals surface area contributed by atoms with Gasteiger partial charge < -0.3 is 9.47 Å². The molecule has 2 N–H and O–H groups in total. The molecule has 30 heavy (non-hydrogen) atoms. The average Bonchev–Trinajstić information content (AvgIpc) is 3.04. The monoisotopic (exact) mass is 459 g/mol. The molecule has 2 rings (SSSR count). The van der Waals surface area contributed by atoms with Crippen LogP contribution in [-0.2, 0) is 18.3 Å². The van der Waals surface area contributed by atoms with Crippen molar-refractivity contribution in [3.05, 3.63) is 28.1 Å². The van der Waals surface area contributed by atoms with Crippen molar-refractivity contribution in [1.82, 2.24) is 15.0 Å². The van der Waals surface area contributed by atoms with Crippen molar-refractivity contribution >= 4 is 51.5 Å². The first-order valence-corrected chi connectivity index (χ1v) is 10.9. The van der Waals surface area contributed by atoms with E-state index in [4.69, 9.17) is 28.4 Å². The van der Waals surface area contributed by atoms with E-state index in [1.54, 1.807) is 17.6 Å². The zero-order chi connectivity index (χ0) is 22.1. The maximum Gasteiger partial charge on any atom is 0.294 e. The molecule has 0 radical (unpaired) electrons. The first-order valence-electron chi connectivity index (χ1n) is 9.86. The van der Waals surface area contributed by atoms with Crippen LogP contribution in [0.3, 0.4) is 0 Å². The third-order valence-corrected chi connectivity index (χ3v) is 5.33. The Labute approximate surface area is 185 Å².